The van der Waals surface area contributed by atoms with E-state index in [-0.39, 0.29) is 17.5 Å². The summed E-state index contributed by atoms with van der Waals surface area (Å²) in [6.07, 6.45) is 0. The van der Waals surface area contributed by atoms with Gasteiger partial charge in [0.15, 0.2) is 0 Å². The summed E-state index contributed by atoms with van der Waals surface area (Å²) in [5, 5.41) is 0. The van der Waals surface area contributed by atoms with E-state index in [1.165, 1.54) is 0 Å². The fraction of sp³-hybridized carbons (Fsp3) is 0.294. The highest BCUT2D eigenvalue weighted by Crippen LogP contribution is 2.24. The number of hydrogen-bond donors (Lipinski definition) is 1. The third-order valence-electron chi connectivity index (χ3n) is 4.11. The molecule has 2 aromatic carbocycles. The normalized spacial score (nSPS) is 13.2. The second kappa shape index (κ2) is 7.67. The van der Waals surface area contributed by atoms with E-state index in [9.17, 15) is 8.42 Å². The number of nitrogens with zero attached hydrogens (tertiary/aromatic N) is 3. The minimum absolute atomic E-state index is 0.145. The van der Waals surface area contributed by atoms with Gasteiger partial charge in [0.05, 0.1) is 18.8 Å². The molecule has 0 saturated carbocycles. The van der Waals surface area contributed by atoms with Crippen molar-refractivity contribution in [1.29, 1.82) is 0 Å². The van der Waals surface area contributed by atoms with Crippen LogP contribution in [0.25, 0.3) is 11.0 Å². The lowest BCUT2D eigenvalue weighted by Crippen LogP contribution is -2.34. The number of ether oxygens (including phenoxy) is 1. The molecule has 0 aliphatic carbocycles. The van der Waals surface area contributed by atoms with E-state index in [4.69, 9.17) is 4.74 Å². The lowest BCUT2D eigenvalue weighted by atomic mass is 10.1. The molecule has 1 aromatic heterocycles. The van der Waals surface area contributed by atoms with Crippen molar-refractivity contribution in [3.05, 3.63) is 48.0 Å². The van der Waals surface area contributed by atoms with Gasteiger partial charge in [0.25, 0.3) is 0 Å². The average Bonchev–Trinajstić information content (AvgIpc) is 3.10. The zero-order chi connectivity index (χ0) is 18.7. The number of methoxy groups -OCH3 is 1. The number of benzene rings is 2. The summed E-state index contributed by atoms with van der Waals surface area (Å²) in [5.41, 5.74) is 1.94. The van der Waals surface area contributed by atoms with Crippen molar-refractivity contribution in [2.45, 2.75) is 10.9 Å². The first-order valence-electron chi connectivity index (χ1n) is 7.93. The third-order valence-corrected chi connectivity index (χ3v) is 6.10. The standard InChI is InChI=1S/C17H20N4O3S2/c1-21(2)15(12-6-4-7-13(10-12)24-3)11-18-26(22,23)16-9-5-8-14-17(16)20-25-19-14/h4-10,15,18H,11H2,1-3H3. The molecule has 1 unspecified atom stereocenters. The van der Waals surface area contributed by atoms with Crippen LogP contribution < -0.4 is 9.46 Å². The second-order valence-corrected chi connectivity index (χ2v) is 8.26. The van der Waals surface area contributed by atoms with Crippen LogP contribution in [-0.2, 0) is 10.0 Å². The molecule has 0 aliphatic rings. The number of nitrogens with one attached hydrogen (secondary N) is 1. The maximum absolute atomic E-state index is 12.8. The van der Waals surface area contributed by atoms with E-state index in [0.29, 0.717) is 11.0 Å². The molecule has 0 fully saturated rings. The van der Waals surface area contributed by atoms with Crippen LogP contribution in [0.1, 0.15) is 11.6 Å². The summed E-state index contributed by atoms with van der Waals surface area (Å²) in [6, 6.07) is 12.4. The van der Waals surface area contributed by atoms with Crippen LogP contribution in [0.5, 0.6) is 5.75 Å². The van der Waals surface area contributed by atoms with E-state index >= 15 is 0 Å². The fourth-order valence-electron chi connectivity index (χ4n) is 2.71. The Bertz CT molecular complexity index is 1000. The number of fused-ring (bicyclic) bond motifs is 1. The van der Waals surface area contributed by atoms with Gasteiger partial charge in [-0.2, -0.15) is 8.75 Å². The minimum Gasteiger partial charge on any atom is -0.497 e. The number of hydrogen-bond acceptors (Lipinski definition) is 7. The largest absolute Gasteiger partial charge is 0.497 e. The van der Waals surface area contributed by atoms with Crippen molar-refractivity contribution in [3.8, 4) is 5.75 Å². The zero-order valence-electron chi connectivity index (χ0n) is 14.7. The number of sulfonamides is 1. The van der Waals surface area contributed by atoms with Crippen molar-refractivity contribution in [2.24, 2.45) is 0 Å². The van der Waals surface area contributed by atoms with Gasteiger partial charge in [-0.25, -0.2) is 13.1 Å². The molecule has 0 aliphatic heterocycles. The summed E-state index contributed by atoms with van der Waals surface area (Å²) < 4.78 is 41.8. The van der Waals surface area contributed by atoms with Crippen molar-refractivity contribution in [1.82, 2.24) is 18.4 Å². The molecule has 1 atom stereocenters. The van der Waals surface area contributed by atoms with E-state index in [1.807, 2.05) is 43.3 Å². The van der Waals surface area contributed by atoms with Gasteiger partial charge in [-0.1, -0.05) is 18.2 Å². The average molecular weight is 393 g/mol. The summed E-state index contributed by atoms with van der Waals surface area (Å²) in [6.45, 7) is 0.219. The molecule has 0 amide bonds. The van der Waals surface area contributed by atoms with Gasteiger partial charge < -0.3 is 9.64 Å². The van der Waals surface area contributed by atoms with Crippen LogP contribution in [-0.4, -0.2) is 49.8 Å². The van der Waals surface area contributed by atoms with Gasteiger partial charge in [0.2, 0.25) is 10.0 Å². The zero-order valence-corrected chi connectivity index (χ0v) is 16.3. The van der Waals surface area contributed by atoms with Crippen LogP contribution in [0, 0.1) is 0 Å². The molecule has 7 nitrogen and oxygen atoms in total. The van der Waals surface area contributed by atoms with E-state index in [2.05, 4.69) is 13.5 Å². The molecule has 0 bridgehead atoms. The lowest BCUT2D eigenvalue weighted by molar-refractivity contribution is 0.298. The van der Waals surface area contributed by atoms with Gasteiger partial charge in [-0.15, -0.1) is 0 Å². The molecule has 3 rings (SSSR count). The predicted molar refractivity (Wildman–Crippen MR) is 102 cm³/mol. The SMILES string of the molecule is COc1cccc(C(CNS(=O)(=O)c2cccc3nsnc23)N(C)C)c1. The van der Waals surface area contributed by atoms with Gasteiger partial charge in [0, 0.05) is 12.6 Å². The van der Waals surface area contributed by atoms with E-state index in [0.717, 1.165) is 23.0 Å². The van der Waals surface area contributed by atoms with Crippen molar-refractivity contribution >= 4 is 32.8 Å². The quantitative estimate of drug-likeness (QED) is 0.664. The Hall–Kier alpha value is -2.07. The first-order chi connectivity index (χ1) is 12.4. The Morgan fingerprint density at radius 2 is 1.96 bits per heavy atom. The highest BCUT2D eigenvalue weighted by molar-refractivity contribution is 7.89. The Kier molecular flexibility index (Phi) is 5.52. The van der Waals surface area contributed by atoms with Gasteiger partial charge in [-0.3, -0.25) is 0 Å². The molecule has 1 heterocycles. The molecule has 138 valence electrons. The molecule has 0 saturated heterocycles. The monoisotopic (exact) mass is 392 g/mol. The molecular weight excluding hydrogens is 372 g/mol. The molecular formula is C17H20N4O3S2. The highest BCUT2D eigenvalue weighted by Gasteiger charge is 2.23. The first kappa shape index (κ1) is 18.7. The predicted octanol–water partition coefficient (Wildman–Crippen LogP) is 2.28. The summed E-state index contributed by atoms with van der Waals surface area (Å²) in [4.78, 5) is 2.11. The van der Waals surface area contributed by atoms with Crippen molar-refractivity contribution < 1.29 is 13.2 Å². The maximum atomic E-state index is 12.8. The number of likely N-dealkylation sites (N-methyl/N-ethyl adjacent to an activating group) is 1. The van der Waals surface area contributed by atoms with E-state index < -0.39 is 10.0 Å². The Labute approximate surface area is 157 Å². The topological polar surface area (TPSA) is 84.4 Å². The molecule has 26 heavy (non-hydrogen) atoms. The Balaban J connectivity index is 1.85. The molecule has 0 radical (unpaired) electrons. The molecule has 3 aromatic rings. The van der Waals surface area contributed by atoms with Gasteiger partial charge in [0.1, 0.15) is 21.7 Å². The Morgan fingerprint density at radius 3 is 2.69 bits per heavy atom. The van der Waals surface area contributed by atoms with Crippen LogP contribution in [0.3, 0.4) is 0 Å². The first-order valence-corrected chi connectivity index (χ1v) is 10.1. The second-order valence-electron chi connectivity index (χ2n) is 6.00. The van der Waals surface area contributed by atoms with Crippen molar-refractivity contribution in [3.63, 3.8) is 0 Å². The Morgan fingerprint density at radius 1 is 1.19 bits per heavy atom. The molecule has 1 N–H and O–H groups in total. The fourth-order valence-corrected chi connectivity index (χ4v) is 4.51. The van der Waals surface area contributed by atoms with Crippen LogP contribution >= 0.6 is 11.7 Å². The third kappa shape index (κ3) is 3.85. The van der Waals surface area contributed by atoms with Crippen molar-refractivity contribution in [2.75, 3.05) is 27.7 Å². The number of aromatic nitrogens is 2. The lowest BCUT2D eigenvalue weighted by Gasteiger charge is -2.25. The minimum atomic E-state index is -3.71. The summed E-state index contributed by atoms with van der Waals surface area (Å²) in [5.74, 6) is 0.732. The maximum Gasteiger partial charge on any atom is 0.242 e. The van der Waals surface area contributed by atoms with Crippen LogP contribution in [0.15, 0.2) is 47.4 Å². The highest BCUT2D eigenvalue weighted by atomic mass is 32.2. The van der Waals surface area contributed by atoms with E-state index in [1.54, 1.807) is 25.3 Å². The van der Waals surface area contributed by atoms with Gasteiger partial charge >= 0.3 is 0 Å². The molecule has 9 heteroatoms. The molecule has 0 spiro atoms. The smallest absolute Gasteiger partial charge is 0.242 e. The summed E-state index contributed by atoms with van der Waals surface area (Å²) in [7, 11) is 1.71. The number of rotatable bonds is 7. The summed E-state index contributed by atoms with van der Waals surface area (Å²) >= 11 is 0.999. The van der Waals surface area contributed by atoms with Gasteiger partial charge in [-0.05, 0) is 43.9 Å². The van der Waals surface area contributed by atoms with Crippen LogP contribution in [0.2, 0.25) is 0 Å². The van der Waals surface area contributed by atoms with Crippen LogP contribution in [0.4, 0.5) is 0 Å².